The van der Waals surface area contributed by atoms with E-state index < -0.39 is 11.4 Å². The molecule has 0 amide bonds. The van der Waals surface area contributed by atoms with Crippen LogP contribution in [0.1, 0.15) is 26.5 Å². The number of carbonyl (C=O) groups is 1. The Balaban J connectivity index is 0.000000185. The van der Waals surface area contributed by atoms with Crippen molar-refractivity contribution in [3.8, 4) is 0 Å². The summed E-state index contributed by atoms with van der Waals surface area (Å²) in [5.74, 6) is -0.757. The van der Waals surface area contributed by atoms with Crippen LogP contribution in [-0.2, 0) is 4.79 Å². The minimum Gasteiger partial charge on any atom is -0.481 e. The number of aromatic amines is 1. The Hall–Kier alpha value is -1.91. The predicted molar refractivity (Wildman–Crippen MR) is 65.7 cm³/mol. The van der Waals surface area contributed by atoms with E-state index >= 15 is 0 Å². The predicted octanol–water partition coefficient (Wildman–Crippen LogP) is 2.38. The molecule has 2 rings (SSSR count). The summed E-state index contributed by atoms with van der Waals surface area (Å²) >= 11 is 0. The quantitative estimate of drug-likeness (QED) is 0.734. The van der Waals surface area contributed by atoms with E-state index in [0.717, 1.165) is 16.7 Å². The number of aryl methyl sites for hydroxylation is 1. The molecular weight excluding hydrogens is 218 g/mol. The van der Waals surface area contributed by atoms with E-state index in [4.69, 9.17) is 5.11 Å². The highest BCUT2D eigenvalue weighted by Gasteiger charge is 2.18. The van der Waals surface area contributed by atoms with Crippen LogP contribution in [0.2, 0.25) is 0 Å². The van der Waals surface area contributed by atoms with Crippen LogP contribution in [0.3, 0.4) is 0 Å². The van der Waals surface area contributed by atoms with E-state index in [1.807, 2.05) is 19.2 Å². The van der Waals surface area contributed by atoms with Crippen molar-refractivity contribution in [1.29, 1.82) is 0 Å². The molecule has 0 atom stereocenters. The fourth-order valence-corrected chi connectivity index (χ4v) is 1.00. The largest absolute Gasteiger partial charge is 0.481 e. The van der Waals surface area contributed by atoms with Gasteiger partial charge in [-0.15, -0.1) is 0 Å². The van der Waals surface area contributed by atoms with Crippen LogP contribution in [0.25, 0.3) is 11.0 Å². The highest BCUT2D eigenvalue weighted by molar-refractivity contribution is 5.77. The molecule has 0 spiro atoms. The lowest BCUT2D eigenvalue weighted by Gasteiger charge is -2.08. The van der Waals surface area contributed by atoms with E-state index in [1.54, 1.807) is 27.1 Å². The molecule has 2 heterocycles. The molecule has 0 radical (unpaired) electrons. The molecule has 2 N–H and O–H groups in total. The zero-order valence-corrected chi connectivity index (χ0v) is 10.5. The number of hydrogen-bond donors (Lipinski definition) is 2. The van der Waals surface area contributed by atoms with Gasteiger partial charge in [0.2, 0.25) is 0 Å². The number of nitrogens with one attached hydrogen (secondary N) is 1. The first kappa shape index (κ1) is 13.2. The van der Waals surface area contributed by atoms with Gasteiger partial charge in [0, 0.05) is 11.6 Å². The Morgan fingerprint density at radius 2 is 1.94 bits per heavy atom. The lowest BCUT2D eigenvalue weighted by atomic mass is 9.98. The van der Waals surface area contributed by atoms with Crippen LogP contribution in [0.15, 0.2) is 18.6 Å². The van der Waals surface area contributed by atoms with Gasteiger partial charge in [0.05, 0.1) is 11.1 Å². The molecule has 0 aliphatic heterocycles. The zero-order valence-electron chi connectivity index (χ0n) is 10.5. The maximum absolute atomic E-state index is 10.0. The summed E-state index contributed by atoms with van der Waals surface area (Å²) in [7, 11) is 0. The summed E-state index contributed by atoms with van der Waals surface area (Å²) in [5.41, 5.74) is 1.35. The lowest BCUT2D eigenvalue weighted by molar-refractivity contribution is -0.145. The Kier molecular flexibility index (Phi) is 3.83. The number of nitrogens with zero attached hydrogens (tertiary/aromatic N) is 2. The summed E-state index contributed by atoms with van der Waals surface area (Å²) in [6, 6.07) is 1.98. The van der Waals surface area contributed by atoms with Crippen molar-refractivity contribution in [1.82, 2.24) is 15.0 Å². The molecule has 0 unspecified atom stereocenters. The van der Waals surface area contributed by atoms with Gasteiger partial charge < -0.3 is 10.1 Å². The molecule has 0 aliphatic carbocycles. The zero-order chi connectivity index (χ0) is 13.1. The number of rotatable bonds is 0. The number of H-pyrrole nitrogens is 1. The fraction of sp³-hybridized carbons (Fsp3) is 0.417. The van der Waals surface area contributed by atoms with Crippen molar-refractivity contribution < 1.29 is 9.90 Å². The first-order chi connectivity index (χ1) is 7.82. The summed E-state index contributed by atoms with van der Waals surface area (Å²) in [6.07, 6.45) is 3.43. The molecule has 5 nitrogen and oxygen atoms in total. The van der Waals surface area contributed by atoms with Gasteiger partial charge in [-0.1, -0.05) is 0 Å². The van der Waals surface area contributed by atoms with E-state index in [0.29, 0.717) is 0 Å². The second-order valence-corrected chi connectivity index (χ2v) is 4.75. The second kappa shape index (κ2) is 4.95. The average Bonchev–Trinajstić information content (AvgIpc) is 2.66. The van der Waals surface area contributed by atoms with Crippen LogP contribution < -0.4 is 0 Å². The van der Waals surface area contributed by atoms with Gasteiger partial charge in [-0.3, -0.25) is 4.79 Å². The molecule has 0 saturated heterocycles. The van der Waals surface area contributed by atoms with Crippen molar-refractivity contribution in [3.63, 3.8) is 0 Å². The fourth-order valence-electron chi connectivity index (χ4n) is 1.00. The number of carboxylic acids is 1. The SMILES string of the molecule is CC(C)(C)C(=O)O.Cc1ncnc2[nH]ccc12. The number of carboxylic acid groups (broad SMARTS) is 1. The summed E-state index contributed by atoms with van der Waals surface area (Å²) < 4.78 is 0. The Morgan fingerprint density at radius 1 is 1.35 bits per heavy atom. The molecule has 5 heteroatoms. The number of aliphatic carboxylic acids is 1. The van der Waals surface area contributed by atoms with E-state index in [2.05, 4.69) is 15.0 Å². The number of hydrogen-bond acceptors (Lipinski definition) is 3. The third-order valence-corrected chi connectivity index (χ3v) is 2.19. The van der Waals surface area contributed by atoms with Gasteiger partial charge >= 0.3 is 5.97 Å². The van der Waals surface area contributed by atoms with Crippen LogP contribution >= 0.6 is 0 Å². The molecule has 0 saturated carbocycles. The Bertz CT molecular complexity index is 512. The summed E-state index contributed by atoms with van der Waals surface area (Å²) in [6.45, 7) is 6.96. The normalized spacial score (nSPS) is 10.8. The standard InChI is InChI=1S/C7H7N3.C5H10O2/c1-5-6-2-3-8-7(6)10-4-9-5;1-5(2,3)4(6)7/h2-4H,1H3,(H,8,9,10);1-3H3,(H,6,7). The molecular formula is C12H17N3O2. The third kappa shape index (κ3) is 3.55. The van der Waals surface area contributed by atoms with Gasteiger partial charge in [0.1, 0.15) is 12.0 Å². The molecule has 17 heavy (non-hydrogen) atoms. The molecule has 0 aromatic carbocycles. The highest BCUT2D eigenvalue weighted by atomic mass is 16.4. The van der Waals surface area contributed by atoms with E-state index in [1.165, 1.54) is 0 Å². The number of aromatic nitrogens is 3. The topological polar surface area (TPSA) is 78.9 Å². The lowest BCUT2D eigenvalue weighted by Crippen LogP contribution is -2.18. The third-order valence-electron chi connectivity index (χ3n) is 2.19. The van der Waals surface area contributed by atoms with Gasteiger partial charge in [-0.2, -0.15) is 0 Å². The Morgan fingerprint density at radius 3 is 2.41 bits per heavy atom. The molecule has 0 aliphatic rings. The van der Waals surface area contributed by atoms with Crippen molar-refractivity contribution in [2.24, 2.45) is 5.41 Å². The van der Waals surface area contributed by atoms with Gasteiger partial charge in [-0.25, -0.2) is 9.97 Å². The van der Waals surface area contributed by atoms with Crippen molar-refractivity contribution in [3.05, 3.63) is 24.3 Å². The number of fused-ring (bicyclic) bond motifs is 1. The van der Waals surface area contributed by atoms with E-state index in [-0.39, 0.29) is 0 Å². The van der Waals surface area contributed by atoms with E-state index in [9.17, 15) is 4.79 Å². The minimum absolute atomic E-state index is 0.583. The summed E-state index contributed by atoms with van der Waals surface area (Å²) in [4.78, 5) is 21.1. The highest BCUT2D eigenvalue weighted by Crippen LogP contribution is 2.11. The van der Waals surface area contributed by atoms with Gasteiger partial charge in [-0.05, 0) is 33.8 Å². The first-order valence-electron chi connectivity index (χ1n) is 5.30. The second-order valence-electron chi connectivity index (χ2n) is 4.75. The van der Waals surface area contributed by atoms with Crippen molar-refractivity contribution in [2.75, 3.05) is 0 Å². The summed E-state index contributed by atoms with van der Waals surface area (Å²) in [5, 5.41) is 9.35. The minimum atomic E-state index is -0.757. The molecule has 0 fully saturated rings. The van der Waals surface area contributed by atoms with Crippen molar-refractivity contribution in [2.45, 2.75) is 27.7 Å². The monoisotopic (exact) mass is 235 g/mol. The van der Waals surface area contributed by atoms with Crippen LogP contribution in [0.5, 0.6) is 0 Å². The maximum atomic E-state index is 10.0. The van der Waals surface area contributed by atoms with Crippen LogP contribution in [0, 0.1) is 12.3 Å². The van der Waals surface area contributed by atoms with Gasteiger partial charge in [0.15, 0.2) is 0 Å². The maximum Gasteiger partial charge on any atom is 0.308 e. The van der Waals surface area contributed by atoms with Gasteiger partial charge in [0.25, 0.3) is 0 Å². The average molecular weight is 235 g/mol. The van der Waals surface area contributed by atoms with Crippen molar-refractivity contribution >= 4 is 17.0 Å². The van der Waals surface area contributed by atoms with Crippen LogP contribution in [-0.4, -0.2) is 26.0 Å². The molecule has 2 aromatic heterocycles. The Labute approximate surface area is 99.9 Å². The first-order valence-corrected chi connectivity index (χ1v) is 5.30. The smallest absolute Gasteiger partial charge is 0.308 e. The molecule has 0 bridgehead atoms. The molecule has 92 valence electrons. The molecule has 2 aromatic rings. The van der Waals surface area contributed by atoms with Crippen LogP contribution in [0.4, 0.5) is 0 Å².